The molecule has 0 saturated carbocycles. The van der Waals surface area contributed by atoms with Gasteiger partial charge < -0.3 is 0 Å². The van der Waals surface area contributed by atoms with Crippen LogP contribution in [0.2, 0.25) is 0 Å². The monoisotopic (exact) mass is 304 g/mol. The zero-order valence-corrected chi connectivity index (χ0v) is 12.8. The molecule has 4 nitrogen and oxygen atoms in total. The summed E-state index contributed by atoms with van der Waals surface area (Å²) in [5, 5.41) is 22.2. The minimum Gasteiger partial charge on any atom is -0.232 e. The number of hydrogen-bond donors (Lipinski definition) is 0. The van der Waals surface area contributed by atoms with E-state index in [1.807, 2.05) is 43.3 Å². The molecular weight excluding hydrogens is 295 g/mol. The first-order valence-electron chi connectivity index (χ1n) is 7.36. The van der Waals surface area contributed by atoms with Gasteiger partial charge >= 0.3 is 0 Å². The number of benzene rings is 3. The van der Waals surface area contributed by atoms with Crippen LogP contribution in [0, 0.1) is 29.6 Å². The lowest BCUT2D eigenvalue weighted by atomic mass is 9.90. The zero-order chi connectivity index (χ0) is 16.8. The van der Waals surface area contributed by atoms with Gasteiger partial charge in [-0.1, -0.05) is 47.4 Å². The van der Waals surface area contributed by atoms with Crippen LogP contribution in [0.4, 0.5) is 0 Å². The third kappa shape index (κ3) is 1.92. The molecule has 108 valence electrons. The maximum atomic E-state index is 9.25. The Balaban J connectivity index is 2.37. The van der Waals surface area contributed by atoms with Crippen molar-refractivity contribution >= 4 is 45.9 Å². The smallest absolute Gasteiger partial charge is 0.177 e. The van der Waals surface area contributed by atoms with Gasteiger partial charge in [0.25, 0.3) is 0 Å². The van der Waals surface area contributed by atoms with Gasteiger partial charge in [-0.15, -0.1) is 0 Å². The summed E-state index contributed by atoms with van der Waals surface area (Å²) in [6, 6.07) is 15.5. The van der Waals surface area contributed by atoms with Crippen molar-refractivity contribution in [3.05, 3.63) is 53.3 Å². The summed E-state index contributed by atoms with van der Waals surface area (Å²) in [4.78, 5) is 8.83. The summed E-state index contributed by atoms with van der Waals surface area (Å²) in [6.45, 7) is 2.02. The molecule has 0 N–H and O–H groups in total. The third-order valence-electron chi connectivity index (χ3n) is 4.13. The van der Waals surface area contributed by atoms with Gasteiger partial charge in [-0.05, 0) is 17.7 Å². The Morgan fingerprint density at radius 3 is 1.92 bits per heavy atom. The summed E-state index contributed by atoms with van der Waals surface area (Å²) >= 11 is 0. The number of aryl methyl sites for hydroxylation is 1. The molecule has 1 heterocycles. The second-order valence-corrected chi connectivity index (χ2v) is 5.70. The SMILES string of the molecule is [B]c1ccc2c(c1)c1cc(C)ccc1c1nc(C#N)c(C#N)nc21. The molecule has 2 radical (unpaired) electrons. The minimum atomic E-state index is 0.0367. The van der Waals surface area contributed by atoms with Crippen molar-refractivity contribution in [3.63, 3.8) is 0 Å². The predicted octanol–water partition coefficient (Wildman–Crippen LogP) is 2.78. The molecule has 0 atom stereocenters. The van der Waals surface area contributed by atoms with Crippen molar-refractivity contribution in [2.75, 3.05) is 0 Å². The lowest BCUT2D eigenvalue weighted by molar-refractivity contribution is 1.21. The summed E-state index contributed by atoms with van der Waals surface area (Å²) in [5.74, 6) is 0. The van der Waals surface area contributed by atoms with E-state index in [0.29, 0.717) is 16.5 Å². The van der Waals surface area contributed by atoms with Crippen molar-refractivity contribution < 1.29 is 0 Å². The quantitative estimate of drug-likeness (QED) is 0.370. The van der Waals surface area contributed by atoms with Gasteiger partial charge in [-0.25, -0.2) is 9.97 Å². The van der Waals surface area contributed by atoms with Crippen LogP contribution in [-0.4, -0.2) is 17.8 Å². The van der Waals surface area contributed by atoms with Crippen LogP contribution >= 0.6 is 0 Å². The minimum absolute atomic E-state index is 0.0367. The Kier molecular flexibility index (Phi) is 2.98. The summed E-state index contributed by atoms with van der Waals surface area (Å²) in [6.07, 6.45) is 0. The van der Waals surface area contributed by atoms with E-state index in [4.69, 9.17) is 7.85 Å². The van der Waals surface area contributed by atoms with E-state index in [2.05, 4.69) is 16.0 Å². The molecule has 0 aliphatic carbocycles. The first kappa shape index (κ1) is 14.2. The molecule has 0 saturated heterocycles. The van der Waals surface area contributed by atoms with Crippen LogP contribution in [-0.2, 0) is 0 Å². The van der Waals surface area contributed by atoms with Gasteiger partial charge in [0.2, 0.25) is 0 Å². The van der Waals surface area contributed by atoms with Crippen LogP contribution in [0.3, 0.4) is 0 Å². The van der Waals surface area contributed by atoms with Gasteiger partial charge in [-0.2, -0.15) is 10.5 Å². The number of nitriles is 2. The molecule has 0 unspecified atom stereocenters. The first-order chi connectivity index (χ1) is 11.6. The Morgan fingerprint density at radius 2 is 1.33 bits per heavy atom. The Hall–Kier alpha value is -3.44. The second kappa shape index (κ2) is 5.04. The van der Waals surface area contributed by atoms with Crippen LogP contribution in [0.1, 0.15) is 17.0 Å². The van der Waals surface area contributed by atoms with Crippen LogP contribution < -0.4 is 5.46 Å². The number of hydrogen-bond acceptors (Lipinski definition) is 4. The second-order valence-electron chi connectivity index (χ2n) is 5.70. The van der Waals surface area contributed by atoms with E-state index in [0.717, 1.165) is 27.1 Å². The Bertz CT molecular complexity index is 1150. The predicted molar refractivity (Wildman–Crippen MR) is 94.1 cm³/mol. The number of aromatic nitrogens is 2. The maximum absolute atomic E-state index is 9.25. The molecule has 0 amide bonds. The van der Waals surface area contributed by atoms with Gasteiger partial charge in [0.05, 0.1) is 11.0 Å². The summed E-state index contributed by atoms with van der Waals surface area (Å²) in [5.41, 5.74) is 3.09. The highest BCUT2D eigenvalue weighted by Gasteiger charge is 2.15. The Labute approximate surface area is 139 Å². The van der Waals surface area contributed by atoms with E-state index in [-0.39, 0.29) is 11.4 Å². The molecule has 0 aliphatic rings. The van der Waals surface area contributed by atoms with Crippen LogP contribution in [0.15, 0.2) is 36.4 Å². The van der Waals surface area contributed by atoms with Crippen molar-refractivity contribution in [3.8, 4) is 12.1 Å². The van der Waals surface area contributed by atoms with E-state index < -0.39 is 0 Å². The topological polar surface area (TPSA) is 73.4 Å². The van der Waals surface area contributed by atoms with Crippen molar-refractivity contribution in [2.24, 2.45) is 0 Å². The molecule has 0 fully saturated rings. The largest absolute Gasteiger partial charge is 0.232 e. The van der Waals surface area contributed by atoms with Crippen molar-refractivity contribution in [1.29, 1.82) is 10.5 Å². The molecule has 0 aliphatic heterocycles. The summed E-state index contributed by atoms with van der Waals surface area (Å²) < 4.78 is 0. The average Bonchev–Trinajstić information content (AvgIpc) is 2.60. The normalized spacial score (nSPS) is 10.8. The molecule has 24 heavy (non-hydrogen) atoms. The van der Waals surface area contributed by atoms with Crippen LogP contribution in [0.25, 0.3) is 32.6 Å². The van der Waals surface area contributed by atoms with Crippen LogP contribution in [0.5, 0.6) is 0 Å². The van der Waals surface area contributed by atoms with Gasteiger partial charge in [0, 0.05) is 10.8 Å². The zero-order valence-electron chi connectivity index (χ0n) is 12.8. The molecule has 4 rings (SSSR count). The molecule has 3 aromatic carbocycles. The van der Waals surface area contributed by atoms with Crippen molar-refractivity contribution in [1.82, 2.24) is 9.97 Å². The third-order valence-corrected chi connectivity index (χ3v) is 4.13. The Morgan fingerprint density at radius 1 is 0.792 bits per heavy atom. The molecule has 5 heteroatoms. The van der Waals surface area contributed by atoms with Gasteiger partial charge in [-0.3, -0.25) is 0 Å². The lowest BCUT2D eigenvalue weighted by Crippen LogP contribution is -2.02. The van der Waals surface area contributed by atoms with E-state index in [1.54, 1.807) is 6.07 Å². The number of rotatable bonds is 0. The summed E-state index contributed by atoms with van der Waals surface area (Å²) in [7, 11) is 5.97. The standard InChI is InChI=1S/C19H9BN4/c1-10-2-4-12-14(6-10)15-7-11(20)3-5-13(15)19-18(12)23-16(8-21)17(9-22)24-19/h2-7H,1H3. The highest BCUT2D eigenvalue weighted by molar-refractivity contribution is 6.35. The van der Waals surface area contributed by atoms with E-state index in [9.17, 15) is 10.5 Å². The molecule has 1 aromatic heterocycles. The van der Waals surface area contributed by atoms with Crippen molar-refractivity contribution in [2.45, 2.75) is 6.92 Å². The van der Waals surface area contributed by atoms with E-state index >= 15 is 0 Å². The maximum Gasteiger partial charge on any atom is 0.177 e. The average molecular weight is 304 g/mol. The van der Waals surface area contributed by atoms with Gasteiger partial charge in [0.1, 0.15) is 20.0 Å². The molecule has 4 aromatic rings. The fraction of sp³-hybridized carbons (Fsp3) is 0.0526. The first-order valence-corrected chi connectivity index (χ1v) is 7.36. The molecular formula is C19H9BN4. The molecule has 0 bridgehead atoms. The number of fused-ring (bicyclic) bond motifs is 6. The lowest BCUT2D eigenvalue weighted by Gasteiger charge is -2.11. The van der Waals surface area contributed by atoms with Gasteiger partial charge in [0.15, 0.2) is 11.4 Å². The molecule has 0 spiro atoms. The van der Waals surface area contributed by atoms with E-state index in [1.165, 1.54) is 0 Å². The highest BCUT2D eigenvalue weighted by atomic mass is 14.8. The number of nitrogens with zero attached hydrogens (tertiary/aromatic N) is 4. The fourth-order valence-electron chi connectivity index (χ4n) is 3.05. The fourth-order valence-corrected chi connectivity index (χ4v) is 3.05. The highest BCUT2D eigenvalue weighted by Crippen LogP contribution is 2.33.